The van der Waals surface area contributed by atoms with E-state index in [1.165, 1.54) is 0 Å². The SMILES string of the molecule is Cc1cc2c(cc1Cc1cccc(C)c1F)c(=O)c(C)cn2C(COc1cc2c(cc1Cc1cccc(C)c1F)c(=O)c(C)cn2C(CO)C(C)C)C(C)C. The van der Waals surface area contributed by atoms with Crippen LogP contribution in [0.5, 0.6) is 5.75 Å². The second-order valence-electron chi connectivity index (χ2n) is 15.9. The predicted octanol–water partition coefficient (Wildman–Crippen LogP) is 9.78. The first-order valence-electron chi connectivity index (χ1n) is 19.2. The molecule has 0 aliphatic heterocycles. The van der Waals surface area contributed by atoms with Crippen LogP contribution < -0.4 is 15.6 Å². The first-order valence-corrected chi connectivity index (χ1v) is 19.2. The third-order valence-corrected chi connectivity index (χ3v) is 11.2. The summed E-state index contributed by atoms with van der Waals surface area (Å²) >= 11 is 0. The second kappa shape index (κ2) is 16.0. The minimum atomic E-state index is -0.300. The molecule has 2 unspecified atom stereocenters. The van der Waals surface area contributed by atoms with Crippen molar-refractivity contribution in [1.82, 2.24) is 9.13 Å². The summed E-state index contributed by atoms with van der Waals surface area (Å²) in [6.45, 7) is 17.4. The molecule has 0 amide bonds. The fourth-order valence-corrected chi connectivity index (χ4v) is 7.74. The van der Waals surface area contributed by atoms with E-state index in [2.05, 4.69) is 18.4 Å². The van der Waals surface area contributed by atoms with Crippen LogP contribution >= 0.6 is 0 Å². The van der Waals surface area contributed by atoms with E-state index in [9.17, 15) is 14.7 Å². The number of ether oxygens (including phenoxy) is 1. The highest BCUT2D eigenvalue weighted by molar-refractivity contribution is 5.83. The Morgan fingerprint density at radius 1 is 0.600 bits per heavy atom. The Morgan fingerprint density at radius 2 is 1.07 bits per heavy atom. The summed E-state index contributed by atoms with van der Waals surface area (Å²) in [5.74, 6) is 0.109. The van der Waals surface area contributed by atoms with Gasteiger partial charge in [0.15, 0.2) is 10.9 Å². The molecule has 0 saturated heterocycles. The minimum absolute atomic E-state index is 0.0603. The zero-order valence-corrected chi connectivity index (χ0v) is 33.4. The molecular formula is C47H52F2N2O4. The largest absolute Gasteiger partial charge is 0.491 e. The number of aryl methyl sites for hydroxylation is 5. The molecule has 0 spiro atoms. The van der Waals surface area contributed by atoms with Gasteiger partial charge in [-0.1, -0.05) is 64.1 Å². The maximum atomic E-state index is 15.5. The van der Waals surface area contributed by atoms with Crippen molar-refractivity contribution in [3.63, 3.8) is 0 Å². The molecule has 0 saturated carbocycles. The van der Waals surface area contributed by atoms with Crippen molar-refractivity contribution in [2.24, 2.45) is 11.8 Å². The number of fused-ring (bicyclic) bond motifs is 2. The van der Waals surface area contributed by atoms with E-state index < -0.39 is 0 Å². The number of rotatable bonds is 12. The van der Waals surface area contributed by atoms with Crippen molar-refractivity contribution in [1.29, 1.82) is 0 Å². The topological polar surface area (TPSA) is 73.5 Å². The molecule has 0 aliphatic carbocycles. The van der Waals surface area contributed by atoms with Gasteiger partial charge < -0.3 is 19.0 Å². The third-order valence-electron chi connectivity index (χ3n) is 11.2. The van der Waals surface area contributed by atoms with Crippen LogP contribution in [-0.4, -0.2) is 27.5 Å². The summed E-state index contributed by atoms with van der Waals surface area (Å²) < 4.78 is 41.4. The van der Waals surface area contributed by atoms with Crippen molar-refractivity contribution in [3.05, 3.63) is 155 Å². The molecule has 6 rings (SSSR count). The molecule has 1 N–H and O–H groups in total. The van der Waals surface area contributed by atoms with Gasteiger partial charge in [0.05, 0.1) is 29.7 Å². The van der Waals surface area contributed by atoms with Crippen LogP contribution in [0.15, 0.2) is 82.6 Å². The van der Waals surface area contributed by atoms with Crippen LogP contribution in [0.2, 0.25) is 0 Å². The van der Waals surface area contributed by atoms with E-state index in [0.717, 1.165) is 16.6 Å². The Hall–Kier alpha value is -5.08. The smallest absolute Gasteiger partial charge is 0.192 e. The normalized spacial score (nSPS) is 13.0. The number of aliphatic hydroxyl groups is 1. The Balaban J connectivity index is 1.48. The summed E-state index contributed by atoms with van der Waals surface area (Å²) in [7, 11) is 0. The van der Waals surface area contributed by atoms with Crippen LogP contribution in [0.3, 0.4) is 0 Å². The minimum Gasteiger partial charge on any atom is -0.491 e. The second-order valence-corrected chi connectivity index (χ2v) is 15.9. The van der Waals surface area contributed by atoms with Crippen molar-refractivity contribution in [2.75, 3.05) is 13.2 Å². The number of benzene rings is 4. The molecule has 6 aromatic rings. The quantitative estimate of drug-likeness (QED) is 0.135. The lowest BCUT2D eigenvalue weighted by Gasteiger charge is -2.28. The summed E-state index contributed by atoms with van der Waals surface area (Å²) in [4.78, 5) is 27.4. The number of halogens is 2. The third kappa shape index (κ3) is 7.75. The standard InChI is InChI=1S/C47H52F2N2O4/c1-26(2)41(24-52)50-22-31(8)47(54)38-20-36(18-34-15-11-13-29(6)45(34)49)43(21-40(38)50)55-25-42(27(3)4)51-23-32(9)46(53)37-19-35(30(7)16-39(37)51)17-33-14-10-12-28(5)44(33)48/h10-16,19-23,26-27,41-42,52H,17-18,24-25H2,1-9H3. The highest BCUT2D eigenvalue weighted by atomic mass is 19.1. The van der Waals surface area contributed by atoms with Crippen LogP contribution in [0.4, 0.5) is 8.78 Å². The van der Waals surface area contributed by atoms with Crippen molar-refractivity contribution in [3.8, 4) is 5.75 Å². The lowest BCUT2D eigenvalue weighted by molar-refractivity contribution is 0.195. The Labute approximate surface area is 322 Å². The zero-order chi connectivity index (χ0) is 39.9. The van der Waals surface area contributed by atoms with E-state index >= 15 is 8.78 Å². The van der Waals surface area contributed by atoms with E-state index in [0.29, 0.717) is 67.4 Å². The van der Waals surface area contributed by atoms with E-state index in [-0.39, 0.29) is 66.0 Å². The molecular weight excluding hydrogens is 695 g/mol. The summed E-state index contributed by atoms with van der Waals surface area (Å²) in [6, 6.07) is 17.8. The number of hydrogen-bond donors (Lipinski definition) is 1. The summed E-state index contributed by atoms with van der Waals surface area (Å²) in [6.07, 6.45) is 4.25. The summed E-state index contributed by atoms with van der Waals surface area (Å²) in [5.41, 5.74) is 7.02. The van der Waals surface area contributed by atoms with Gasteiger partial charge in [0.2, 0.25) is 0 Å². The van der Waals surface area contributed by atoms with Gasteiger partial charge in [-0.2, -0.15) is 0 Å². The molecule has 0 aliphatic rings. The van der Waals surface area contributed by atoms with E-state index in [1.807, 2.05) is 74.9 Å². The van der Waals surface area contributed by atoms with Crippen LogP contribution in [0.1, 0.15) is 89.8 Å². The zero-order valence-electron chi connectivity index (χ0n) is 33.4. The highest BCUT2D eigenvalue weighted by Gasteiger charge is 2.24. The van der Waals surface area contributed by atoms with Gasteiger partial charge in [-0.15, -0.1) is 0 Å². The van der Waals surface area contributed by atoms with Crippen LogP contribution in [-0.2, 0) is 12.8 Å². The van der Waals surface area contributed by atoms with Gasteiger partial charge in [-0.25, -0.2) is 8.78 Å². The monoisotopic (exact) mass is 746 g/mol. The summed E-state index contributed by atoms with van der Waals surface area (Å²) in [5, 5.41) is 11.5. The van der Waals surface area contributed by atoms with Gasteiger partial charge in [0, 0.05) is 53.2 Å². The molecule has 2 atom stereocenters. The average Bonchev–Trinajstić information content (AvgIpc) is 3.13. The first-order chi connectivity index (χ1) is 26.1. The van der Waals surface area contributed by atoms with E-state index in [4.69, 9.17) is 4.74 Å². The van der Waals surface area contributed by atoms with E-state index in [1.54, 1.807) is 51.2 Å². The molecule has 0 radical (unpaired) electrons. The Bertz CT molecular complexity index is 2530. The molecule has 55 heavy (non-hydrogen) atoms. The molecule has 0 fully saturated rings. The molecule has 4 aromatic carbocycles. The number of pyridine rings is 2. The maximum absolute atomic E-state index is 15.5. The highest BCUT2D eigenvalue weighted by Crippen LogP contribution is 2.34. The maximum Gasteiger partial charge on any atom is 0.192 e. The number of nitrogens with zero attached hydrogens (tertiary/aromatic N) is 2. The number of hydrogen-bond acceptors (Lipinski definition) is 4. The van der Waals surface area contributed by atoms with Gasteiger partial charge in [-0.3, -0.25) is 9.59 Å². The Morgan fingerprint density at radius 3 is 1.58 bits per heavy atom. The molecule has 6 nitrogen and oxygen atoms in total. The lowest BCUT2D eigenvalue weighted by Crippen LogP contribution is -2.26. The molecule has 2 aromatic heterocycles. The average molecular weight is 747 g/mol. The molecule has 0 bridgehead atoms. The first kappa shape index (κ1) is 39.6. The van der Waals surface area contributed by atoms with Crippen LogP contribution in [0, 0.1) is 58.1 Å². The van der Waals surface area contributed by atoms with Crippen molar-refractivity contribution in [2.45, 2.75) is 87.2 Å². The predicted molar refractivity (Wildman–Crippen MR) is 219 cm³/mol. The van der Waals surface area contributed by atoms with Gasteiger partial charge in [0.1, 0.15) is 24.0 Å². The molecule has 2 heterocycles. The fourth-order valence-electron chi connectivity index (χ4n) is 7.74. The van der Waals surface area contributed by atoms with Gasteiger partial charge in [0.25, 0.3) is 0 Å². The fraction of sp³-hybridized carbons (Fsp3) is 0.362. The van der Waals surface area contributed by atoms with Gasteiger partial charge >= 0.3 is 0 Å². The van der Waals surface area contributed by atoms with Crippen molar-refractivity contribution >= 4 is 21.8 Å². The molecule has 288 valence electrons. The number of aliphatic hydroxyl groups excluding tert-OH is 1. The lowest BCUT2D eigenvalue weighted by atomic mass is 9.95. The van der Waals surface area contributed by atoms with Gasteiger partial charge in [-0.05, 0) is 104 Å². The molecule has 8 heteroatoms. The number of aromatic nitrogens is 2. The van der Waals surface area contributed by atoms with Crippen molar-refractivity contribution < 1.29 is 18.6 Å². The Kier molecular flexibility index (Phi) is 11.5. The van der Waals surface area contributed by atoms with Crippen LogP contribution in [0.25, 0.3) is 21.8 Å².